The van der Waals surface area contributed by atoms with Crippen molar-refractivity contribution >= 4 is 23.2 Å². The van der Waals surface area contributed by atoms with Crippen LogP contribution in [0.1, 0.15) is 54.6 Å². The zero-order valence-corrected chi connectivity index (χ0v) is 18.1. The molecular weight excluding hydrogens is 398 g/mol. The molecule has 2 fully saturated rings. The number of carbonyl (C=O) groups is 2. The van der Waals surface area contributed by atoms with E-state index in [-0.39, 0.29) is 11.8 Å². The van der Waals surface area contributed by atoms with Gasteiger partial charge in [0.2, 0.25) is 5.91 Å². The van der Waals surface area contributed by atoms with Gasteiger partial charge in [-0.1, -0.05) is 18.9 Å². The van der Waals surface area contributed by atoms with E-state index in [1.54, 1.807) is 11.6 Å². The highest BCUT2D eigenvalue weighted by Crippen LogP contribution is 2.24. The molecule has 0 bridgehead atoms. The lowest BCUT2D eigenvalue weighted by Crippen LogP contribution is -2.44. The highest BCUT2D eigenvalue weighted by atomic mass is 32.1. The first kappa shape index (κ1) is 20.8. The van der Waals surface area contributed by atoms with E-state index >= 15 is 0 Å². The molecule has 4 rings (SSSR count). The summed E-state index contributed by atoms with van der Waals surface area (Å²) in [5.41, 5.74) is 3.29. The fraction of sp³-hybridized carbons (Fsp3) is 0.522. The van der Waals surface area contributed by atoms with E-state index in [0.29, 0.717) is 36.9 Å². The van der Waals surface area contributed by atoms with E-state index in [9.17, 15) is 9.59 Å². The molecule has 1 aromatic carbocycles. The first-order chi connectivity index (χ1) is 14.7. The fourth-order valence-electron chi connectivity index (χ4n) is 4.25. The Morgan fingerprint density at radius 1 is 1.03 bits per heavy atom. The first-order valence-corrected chi connectivity index (χ1v) is 11.8. The molecule has 2 aliphatic rings. The topological polar surface area (TPSA) is 62.7 Å². The zero-order valence-electron chi connectivity index (χ0n) is 17.3. The summed E-state index contributed by atoms with van der Waals surface area (Å²) in [4.78, 5) is 34.0. The van der Waals surface area contributed by atoms with E-state index < -0.39 is 0 Å². The smallest absolute Gasteiger partial charge is 0.253 e. The second-order valence-electron chi connectivity index (χ2n) is 8.10. The third kappa shape index (κ3) is 5.19. The minimum Gasteiger partial charge on any atom is -0.487 e. The van der Waals surface area contributed by atoms with Crippen LogP contribution in [0.5, 0.6) is 5.75 Å². The van der Waals surface area contributed by atoms with Gasteiger partial charge in [-0.3, -0.25) is 9.59 Å². The van der Waals surface area contributed by atoms with Gasteiger partial charge in [0.1, 0.15) is 12.4 Å². The summed E-state index contributed by atoms with van der Waals surface area (Å²) in [5, 5.41) is 1.95. The average Bonchev–Trinajstić information content (AvgIpc) is 3.17. The zero-order chi connectivity index (χ0) is 20.8. The van der Waals surface area contributed by atoms with Crippen LogP contribution in [0.3, 0.4) is 0 Å². The second kappa shape index (κ2) is 10.1. The number of ether oxygens (including phenoxy) is 1. The van der Waals surface area contributed by atoms with Crippen molar-refractivity contribution in [3.63, 3.8) is 0 Å². The number of benzene rings is 1. The molecule has 2 amide bonds. The Balaban J connectivity index is 1.30. The summed E-state index contributed by atoms with van der Waals surface area (Å²) >= 11 is 1.53. The second-order valence-corrected chi connectivity index (χ2v) is 8.82. The number of hydrogen-bond donors (Lipinski definition) is 0. The summed E-state index contributed by atoms with van der Waals surface area (Å²) in [5.74, 6) is 1.02. The number of thiazole rings is 1. The lowest BCUT2D eigenvalue weighted by Gasteiger charge is -2.34. The largest absolute Gasteiger partial charge is 0.487 e. The maximum Gasteiger partial charge on any atom is 0.253 e. The summed E-state index contributed by atoms with van der Waals surface area (Å²) < 4.78 is 5.78. The van der Waals surface area contributed by atoms with Gasteiger partial charge in [0.25, 0.3) is 5.91 Å². The highest BCUT2D eigenvalue weighted by Gasteiger charge is 2.30. The van der Waals surface area contributed by atoms with E-state index in [1.807, 2.05) is 28.5 Å². The van der Waals surface area contributed by atoms with Crippen LogP contribution in [-0.2, 0) is 11.4 Å². The van der Waals surface area contributed by atoms with Crippen LogP contribution in [0.2, 0.25) is 0 Å². The third-order valence-electron chi connectivity index (χ3n) is 6.00. The number of nitrogens with zero attached hydrogens (tertiary/aromatic N) is 3. The lowest BCUT2D eigenvalue weighted by atomic mass is 9.94. The van der Waals surface area contributed by atoms with Crippen LogP contribution < -0.4 is 4.74 Å². The molecule has 0 saturated carbocycles. The van der Waals surface area contributed by atoms with Gasteiger partial charge < -0.3 is 14.5 Å². The fourth-order valence-corrected chi connectivity index (χ4v) is 4.79. The molecule has 3 heterocycles. The maximum absolute atomic E-state index is 13.0. The molecule has 160 valence electrons. The molecule has 0 spiro atoms. The van der Waals surface area contributed by atoms with Gasteiger partial charge in [-0.2, -0.15) is 0 Å². The molecule has 0 radical (unpaired) electrons. The van der Waals surface area contributed by atoms with Gasteiger partial charge in [-0.25, -0.2) is 4.98 Å². The van der Waals surface area contributed by atoms with Crippen LogP contribution in [0, 0.1) is 5.92 Å². The first-order valence-electron chi connectivity index (χ1n) is 10.9. The Labute approximate surface area is 181 Å². The van der Waals surface area contributed by atoms with Crippen molar-refractivity contribution in [3.05, 3.63) is 46.4 Å². The summed E-state index contributed by atoms with van der Waals surface area (Å²) in [6, 6.07) is 7.32. The van der Waals surface area contributed by atoms with Crippen molar-refractivity contribution in [2.75, 3.05) is 26.2 Å². The number of aromatic nitrogens is 1. The predicted molar refractivity (Wildman–Crippen MR) is 117 cm³/mol. The molecular formula is C23H29N3O3S. The molecule has 6 nitrogen and oxygen atoms in total. The van der Waals surface area contributed by atoms with Crippen LogP contribution in [0.4, 0.5) is 0 Å². The quantitative estimate of drug-likeness (QED) is 0.724. The van der Waals surface area contributed by atoms with Crippen molar-refractivity contribution < 1.29 is 14.3 Å². The van der Waals surface area contributed by atoms with E-state index in [1.165, 1.54) is 24.2 Å². The molecule has 7 heteroatoms. The van der Waals surface area contributed by atoms with Gasteiger partial charge in [0, 0.05) is 43.0 Å². The molecule has 0 N–H and O–H groups in total. The number of rotatable bonds is 5. The summed E-state index contributed by atoms with van der Waals surface area (Å²) in [6.07, 6.45) is 6.18. The van der Waals surface area contributed by atoms with Gasteiger partial charge in [0.05, 0.1) is 11.2 Å². The number of carbonyl (C=O) groups excluding carboxylic acids is 2. The van der Waals surface area contributed by atoms with Gasteiger partial charge in [-0.15, -0.1) is 11.3 Å². The van der Waals surface area contributed by atoms with Crippen molar-refractivity contribution in [2.24, 2.45) is 5.92 Å². The minimum atomic E-state index is 0.00906. The Morgan fingerprint density at radius 3 is 2.50 bits per heavy atom. The number of amides is 2. The van der Waals surface area contributed by atoms with Crippen molar-refractivity contribution in [2.45, 2.75) is 45.1 Å². The normalized spacial score (nSPS) is 18.1. The van der Waals surface area contributed by atoms with Crippen LogP contribution in [0.15, 0.2) is 35.2 Å². The SMILES string of the molecule is O=C(c1cccc(OCc2cscn2)c1)N1CCC(C(=O)N2CCCCCC2)CC1. The predicted octanol–water partition coefficient (Wildman–Crippen LogP) is 3.98. The van der Waals surface area contributed by atoms with E-state index in [2.05, 4.69) is 9.88 Å². The Bertz CT molecular complexity index is 839. The molecule has 1 aromatic heterocycles. The van der Waals surface area contributed by atoms with Gasteiger partial charge in [-0.05, 0) is 43.9 Å². The molecule has 2 saturated heterocycles. The maximum atomic E-state index is 13.0. The van der Waals surface area contributed by atoms with Gasteiger partial charge in [0.15, 0.2) is 0 Å². The van der Waals surface area contributed by atoms with Crippen LogP contribution in [0.25, 0.3) is 0 Å². The van der Waals surface area contributed by atoms with Gasteiger partial charge >= 0.3 is 0 Å². The minimum absolute atomic E-state index is 0.00906. The molecule has 0 aliphatic carbocycles. The molecule has 2 aromatic rings. The van der Waals surface area contributed by atoms with E-state index in [0.717, 1.165) is 44.5 Å². The lowest BCUT2D eigenvalue weighted by molar-refractivity contribution is -0.136. The molecule has 0 atom stereocenters. The Hall–Kier alpha value is -2.41. The highest BCUT2D eigenvalue weighted by molar-refractivity contribution is 7.07. The van der Waals surface area contributed by atoms with Crippen molar-refractivity contribution in [1.29, 1.82) is 0 Å². The van der Waals surface area contributed by atoms with Crippen molar-refractivity contribution in [3.8, 4) is 5.75 Å². The monoisotopic (exact) mass is 427 g/mol. The van der Waals surface area contributed by atoms with E-state index in [4.69, 9.17) is 4.74 Å². The molecule has 0 unspecified atom stereocenters. The number of likely N-dealkylation sites (tertiary alicyclic amines) is 2. The summed E-state index contributed by atoms with van der Waals surface area (Å²) in [6.45, 7) is 3.45. The van der Waals surface area contributed by atoms with Crippen LogP contribution >= 0.6 is 11.3 Å². The summed E-state index contributed by atoms with van der Waals surface area (Å²) in [7, 11) is 0. The molecule has 2 aliphatic heterocycles. The van der Waals surface area contributed by atoms with Crippen molar-refractivity contribution in [1.82, 2.24) is 14.8 Å². The Kier molecular flexibility index (Phi) is 7.00. The standard InChI is InChI=1S/C23H29N3O3S/c27-22(25-10-3-1-2-4-11-25)18-8-12-26(13-9-18)23(28)19-6-5-7-21(14-19)29-15-20-16-30-17-24-20/h5-7,14,16-18H,1-4,8-13,15H2. The number of hydrogen-bond acceptors (Lipinski definition) is 5. The number of piperidine rings is 1. The Morgan fingerprint density at radius 2 is 1.80 bits per heavy atom. The third-order valence-corrected chi connectivity index (χ3v) is 6.64. The van der Waals surface area contributed by atoms with Crippen LogP contribution in [-0.4, -0.2) is 52.8 Å². The molecule has 30 heavy (non-hydrogen) atoms. The average molecular weight is 428 g/mol.